The first kappa shape index (κ1) is 15.9. The van der Waals surface area contributed by atoms with E-state index in [1.165, 1.54) is 12.1 Å². The van der Waals surface area contributed by atoms with Crippen molar-refractivity contribution in [1.29, 1.82) is 0 Å². The van der Waals surface area contributed by atoms with Crippen LogP contribution in [0.3, 0.4) is 0 Å². The third kappa shape index (κ3) is 3.45. The molecule has 1 N–H and O–H groups in total. The number of morpholine rings is 1. The SMILES string of the molecule is O=c1[nH]c(-c2ccc(F)cc2)nc2ccc(CN3CCOCC3)cc12. The van der Waals surface area contributed by atoms with Gasteiger partial charge in [-0.15, -0.1) is 0 Å². The minimum absolute atomic E-state index is 0.187. The fourth-order valence-electron chi connectivity index (χ4n) is 3.05. The van der Waals surface area contributed by atoms with E-state index in [4.69, 9.17) is 4.74 Å². The normalized spacial score (nSPS) is 15.6. The fraction of sp³-hybridized carbons (Fsp3) is 0.263. The first-order chi connectivity index (χ1) is 12.2. The second kappa shape index (κ2) is 6.74. The molecule has 128 valence electrons. The first-order valence-electron chi connectivity index (χ1n) is 8.28. The molecule has 1 aliphatic rings. The number of hydrogen-bond donors (Lipinski definition) is 1. The molecule has 1 saturated heterocycles. The smallest absolute Gasteiger partial charge is 0.259 e. The third-order valence-corrected chi connectivity index (χ3v) is 4.40. The monoisotopic (exact) mass is 339 g/mol. The summed E-state index contributed by atoms with van der Waals surface area (Å²) in [5, 5.41) is 0.566. The van der Waals surface area contributed by atoms with Crippen LogP contribution in [0.5, 0.6) is 0 Å². The molecule has 6 heteroatoms. The summed E-state index contributed by atoms with van der Waals surface area (Å²) in [5.74, 6) is 0.123. The largest absolute Gasteiger partial charge is 0.379 e. The van der Waals surface area contributed by atoms with Crippen molar-refractivity contribution in [3.05, 3.63) is 64.2 Å². The van der Waals surface area contributed by atoms with Crippen LogP contribution in [0.15, 0.2) is 47.3 Å². The maximum Gasteiger partial charge on any atom is 0.259 e. The Kier molecular flexibility index (Phi) is 4.29. The maximum absolute atomic E-state index is 13.1. The number of aromatic amines is 1. The van der Waals surface area contributed by atoms with Gasteiger partial charge in [0.05, 0.1) is 24.1 Å². The Hall–Kier alpha value is -2.57. The third-order valence-electron chi connectivity index (χ3n) is 4.40. The highest BCUT2D eigenvalue weighted by atomic mass is 19.1. The van der Waals surface area contributed by atoms with E-state index in [1.54, 1.807) is 12.1 Å². The molecule has 0 saturated carbocycles. The number of benzene rings is 2. The summed E-state index contributed by atoms with van der Waals surface area (Å²) in [6.07, 6.45) is 0. The maximum atomic E-state index is 13.1. The molecule has 1 aromatic heterocycles. The predicted octanol–water partition coefficient (Wildman–Crippen LogP) is 2.56. The summed E-state index contributed by atoms with van der Waals surface area (Å²) >= 11 is 0. The minimum Gasteiger partial charge on any atom is -0.379 e. The van der Waals surface area contributed by atoms with Crippen LogP contribution in [0.2, 0.25) is 0 Å². The second-order valence-corrected chi connectivity index (χ2v) is 6.16. The van der Waals surface area contributed by atoms with E-state index >= 15 is 0 Å². The standard InChI is InChI=1S/C19H18FN3O2/c20-15-4-2-14(3-5-15)18-21-17-6-1-13(11-16(17)19(24)22-18)12-23-7-9-25-10-8-23/h1-6,11H,7-10,12H2,(H,21,22,24). The molecule has 0 aliphatic carbocycles. The van der Waals surface area contributed by atoms with Gasteiger partial charge in [0.1, 0.15) is 11.6 Å². The number of hydrogen-bond acceptors (Lipinski definition) is 4. The van der Waals surface area contributed by atoms with Crippen molar-refractivity contribution in [2.75, 3.05) is 26.3 Å². The van der Waals surface area contributed by atoms with Gasteiger partial charge in [-0.1, -0.05) is 6.07 Å². The van der Waals surface area contributed by atoms with Crippen LogP contribution in [0.1, 0.15) is 5.56 Å². The molecular formula is C19H18FN3O2. The molecular weight excluding hydrogens is 321 g/mol. The fourth-order valence-corrected chi connectivity index (χ4v) is 3.05. The van der Waals surface area contributed by atoms with Crippen LogP contribution < -0.4 is 5.56 Å². The van der Waals surface area contributed by atoms with Crippen molar-refractivity contribution >= 4 is 10.9 Å². The van der Waals surface area contributed by atoms with E-state index in [1.807, 2.05) is 18.2 Å². The van der Waals surface area contributed by atoms with Gasteiger partial charge in [-0.25, -0.2) is 9.37 Å². The van der Waals surface area contributed by atoms with E-state index in [2.05, 4.69) is 14.9 Å². The van der Waals surface area contributed by atoms with Crippen molar-refractivity contribution in [2.45, 2.75) is 6.54 Å². The van der Waals surface area contributed by atoms with Crippen LogP contribution in [0.4, 0.5) is 4.39 Å². The molecule has 0 radical (unpaired) electrons. The lowest BCUT2D eigenvalue weighted by molar-refractivity contribution is 0.0342. The molecule has 2 aromatic carbocycles. The number of rotatable bonds is 3. The molecule has 0 unspecified atom stereocenters. The number of ether oxygens (including phenoxy) is 1. The Labute approximate surface area is 144 Å². The zero-order valence-electron chi connectivity index (χ0n) is 13.7. The second-order valence-electron chi connectivity index (χ2n) is 6.16. The van der Waals surface area contributed by atoms with E-state index in [-0.39, 0.29) is 11.4 Å². The molecule has 0 spiro atoms. The molecule has 0 amide bonds. The number of fused-ring (bicyclic) bond motifs is 1. The Morgan fingerprint density at radius 3 is 2.64 bits per heavy atom. The minimum atomic E-state index is -0.320. The lowest BCUT2D eigenvalue weighted by atomic mass is 10.1. The van der Waals surface area contributed by atoms with Gasteiger partial charge in [0.15, 0.2) is 0 Å². The number of halogens is 1. The highest BCUT2D eigenvalue weighted by molar-refractivity contribution is 5.80. The molecule has 4 rings (SSSR count). The summed E-state index contributed by atoms with van der Waals surface area (Å²) in [6.45, 7) is 4.08. The van der Waals surface area contributed by atoms with Crippen molar-refractivity contribution in [1.82, 2.24) is 14.9 Å². The molecule has 1 aliphatic heterocycles. The molecule has 3 aromatic rings. The number of H-pyrrole nitrogens is 1. The molecule has 0 bridgehead atoms. The van der Waals surface area contributed by atoms with Gasteiger partial charge in [0.2, 0.25) is 0 Å². The molecule has 0 atom stereocenters. The van der Waals surface area contributed by atoms with Gasteiger partial charge in [-0.2, -0.15) is 0 Å². The topological polar surface area (TPSA) is 58.2 Å². The van der Waals surface area contributed by atoms with Gasteiger partial charge >= 0.3 is 0 Å². The van der Waals surface area contributed by atoms with Crippen molar-refractivity contribution in [3.8, 4) is 11.4 Å². The van der Waals surface area contributed by atoms with Gasteiger partial charge in [-0.05, 0) is 42.0 Å². The van der Waals surface area contributed by atoms with Crippen LogP contribution in [-0.4, -0.2) is 41.2 Å². The highest BCUT2D eigenvalue weighted by Crippen LogP contribution is 2.18. The molecule has 2 heterocycles. The first-order valence-corrected chi connectivity index (χ1v) is 8.28. The lowest BCUT2D eigenvalue weighted by Gasteiger charge is -2.26. The average Bonchev–Trinajstić information content (AvgIpc) is 2.63. The van der Waals surface area contributed by atoms with Crippen molar-refractivity contribution < 1.29 is 9.13 Å². The van der Waals surface area contributed by atoms with E-state index in [9.17, 15) is 9.18 Å². The van der Waals surface area contributed by atoms with Crippen LogP contribution in [0, 0.1) is 5.82 Å². The lowest BCUT2D eigenvalue weighted by Crippen LogP contribution is -2.35. The van der Waals surface area contributed by atoms with E-state index in [0.29, 0.717) is 22.3 Å². The molecule has 1 fully saturated rings. The number of nitrogens with zero attached hydrogens (tertiary/aromatic N) is 2. The molecule has 25 heavy (non-hydrogen) atoms. The Balaban J connectivity index is 1.67. The Morgan fingerprint density at radius 1 is 1.12 bits per heavy atom. The predicted molar refractivity (Wildman–Crippen MR) is 93.9 cm³/mol. The van der Waals surface area contributed by atoms with Crippen LogP contribution in [0.25, 0.3) is 22.3 Å². The zero-order chi connectivity index (χ0) is 17.2. The van der Waals surface area contributed by atoms with E-state index < -0.39 is 0 Å². The van der Waals surface area contributed by atoms with Gasteiger partial charge < -0.3 is 9.72 Å². The van der Waals surface area contributed by atoms with Crippen molar-refractivity contribution in [3.63, 3.8) is 0 Å². The number of aromatic nitrogens is 2. The average molecular weight is 339 g/mol. The highest BCUT2D eigenvalue weighted by Gasteiger charge is 2.12. The Morgan fingerprint density at radius 2 is 1.88 bits per heavy atom. The summed E-state index contributed by atoms with van der Waals surface area (Å²) in [6, 6.07) is 11.7. The van der Waals surface area contributed by atoms with Gasteiger partial charge in [-0.3, -0.25) is 9.69 Å². The summed E-state index contributed by atoms with van der Waals surface area (Å²) in [5.41, 5.74) is 2.20. The van der Waals surface area contributed by atoms with Gasteiger partial charge in [0.25, 0.3) is 5.56 Å². The van der Waals surface area contributed by atoms with Gasteiger partial charge in [0, 0.05) is 25.2 Å². The summed E-state index contributed by atoms with van der Waals surface area (Å²) in [7, 11) is 0. The van der Waals surface area contributed by atoms with E-state index in [0.717, 1.165) is 38.4 Å². The zero-order valence-corrected chi connectivity index (χ0v) is 13.7. The van der Waals surface area contributed by atoms with Crippen LogP contribution >= 0.6 is 0 Å². The quantitative estimate of drug-likeness (QED) is 0.797. The van der Waals surface area contributed by atoms with Crippen LogP contribution in [-0.2, 0) is 11.3 Å². The molecule has 5 nitrogen and oxygen atoms in total. The van der Waals surface area contributed by atoms with Crippen molar-refractivity contribution in [2.24, 2.45) is 0 Å². The summed E-state index contributed by atoms with van der Waals surface area (Å²) < 4.78 is 18.4. The Bertz CT molecular complexity index is 947. The number of nitrogens with one attached hydrogen (secondary N) is 1. The summed E-state index contributed by atoms with van der Waals surface area (Å²) in [4.78, 5) is 22.1.